The number of nitrogens with one attached hydrogen (secondary N) is 1. The molecule has 0 radical (unpaired) electrons. The molecule has 0 amide bonds. The van der Waals surface area contributed by atoms with Crippen LogP contribution in [-0.4, -0.2) is 15.9 Å². The standard InChI is InChI=1S/C17H18N4O2/c18-16-15(11-2-1-3-13(10-11)21(22)23)14(6-9-19-16)17-7-4-12(20-17)5-8-17/h1-3,6,9-10,12,20H,4-5,7-8H2,(H2,18,19). The number of rotatable bonds is 3. The first-order valence-electron chi connectivity index (χ1n) is 7.86. The number of anilines is 1. The summed E-state index contributed by atoms with van der Waals surface area (Å²) in [7, 11) is 0. The summed E-state index contributed by atoms with van der Waals surface area (Å²) in [5.41, 5.74) is 8.86. The molecule has 0 unspecified atom stereocenters. The normalized spacial score (nSPS) is 25.7. The molecule has 2 aliphatic rings. The number of nitro benzene ring substituents is 1. The van der Waals surface area contributed by atoms with Crippen molar-refractivity contribution in [2.24, 2.45) is 0 Å². The van der Waals surface area contributed by atoms with E-state index in [1.165, 1.54) is 6.07 Å². The monoisotopic (exact) mass is 310 g/mol. The van der Waals surface area contributed by atoms with Crippen molar-refractivity contribution in [2.45, 2.75) is 37.3 Å². The van der Waals surface area contributed by atoms with Crippen molar-refractivity contribution in [3.63, 3.8) is 0 Å². The molecule has 0 spiro atoms. The molecule has 2 aliphatic heterocycles. The number of hydrogen-bond donors (Lipinski definition) is 2. The zero-order valence-corrected chi connectivity index (χ0v) is 12.7. The van der Waals surface area contributed by atoms with Crippen molar-refractivity contribution in [3.8, 4) is 11.1 Å². The lowest BCUT2D eigenvalue weighted by Crippen LogP contribution is -2.34. The van der Waals surface area contributed by atoms with E-state index >= 15 is 0 Å². The van der Waals surface area contributed by atoms with Crippen molar-refractivity contribution in [2.75, 3.05) is 5.73 Å². The Kier molecular flexibility index (Phi) is 3.09. The molecule has 118 valence electrons. The molecule has 2 fully saturated rings. The Balaban J connectivity index is 1.89. The second-order valence-corrected chi connectivity index (χ2v) is 6.43. The van der Waals surface area contributed by atoms with E-state index in [1.807, 2.05) is 12.1 Å². The minimum Gasteiger partial charge on any atom is -0.383 e. The number of nitrogen functional groups attached to an aromatic ring is 1. The van der Waals surface area contributed by atoms with Crippen LogP contribution in [0.1, 0.15) is 31.2 Å². The lowest BCUT2D eigenvalue weighted by Gasteiger charge is -2.29. The van der Waals surface area contributed by atoms with Gasteiger partial charge in [0.1, 0.15) is 5.82 Å². The summed E-state index contributed by atoms with van der Waals surface area (Å²) in [6.07, 6.45) is 6.20. The molecule has 6 heteroatoms. The summed E-state index contributed by atoms with van der Waals surface area (Å²) in [5.74, 6) is 0.425. The lowest BCUT2D eigenvalue weighted by atomic mass is 9.79. The molecule has 3 heterocycles. The molecular formula is C17H18N4O2. The van der Waals surface area contributed by atoms with Gasteiger partial charge in [-0.25, -0.2) is 4.98 Å². The maximum Gasteiger partial charge on any atom is 0.270 e. The van der Waals surface area contributed by atoms with Gasteiger partial charge in [0.05, 0.1) is 4.92 Å². The number of hydrogen-bond acceptors (Lipinski definition) is 5. The van der Waals surface area contributed by atoms with Crippen LogP contribution in [0.2, 0.25) is 0 Å². The van der Waals surface area contributed by atoms with E-state index in [0.29, 0.717) is 11.9 Å². The molecule has 3 N–H and O–H groups in total. The Morgan fingerprint density at radius 1 is 1.30 bits per heavy atom. The number of non-ortho nitro benzene ring substituents is 1. The molecule has 0 atom stereocenters. The maximum absolute atomic E-state index is 11.1. The lowest BCUT2D eigenvalue weighted by molar-refractivity contribution is -0.384. The van der Waals surface area contributed by atoms with E-state index < -0.39 is 0 Å². The quantitative estimate of drug-likeness (QED) is 0.671. The van der Waals surface area contributed by atoms with E-state index in [2.05, 4.69) is 10.3 Å². The van der Waals surface area contributed by atoms with Gasteiger partial charge in [-0.1, -0.05) is 12.1 Å². The average molecular weight is 310 g/mol. The van der Waals surface area contributed by atoms with E-state index in [9.17, 15) is 10.1 Å². The highest BCUT2D eigenvalue weighted by molar-refractivity contribution is 5.79. The third-order valence-electron chi connectivity index (χ3n) is 5.16. The fourth-order valence-electron chi connectivity index (χ4n) is 4.09. The second-order valence-electron chi connectivity index (χ2n) is 6.43. The molecule has 1 aromatic heterocycles. The third-order valence-corrected chi connectivity index (χ3v) is 5.16. The summed E-state index contributed by atoms with van der Waals surface area (Å²) in [4.78, 5) is 14.9. The van der Waals surface area contributed by atoms with Gasteiger partial charge in [0, 0.05) is 35.5 Å². The van der Waals surface area contributed by atoms with Crippen LogP contribution < -0.4 is 11.1 Å². The minimum atomic E-state index is -0.382. The predicted molar refractivity (Wildman–Crippen MR) is 87.8 cm³/mol. The highest BCUT2D eigenvalue weighted by atomic mass is 16.6. The molecular weight excluding hydrogens is 292 g/mol. The molecule has 23 heavy (non-hydrogen) atoms. The van der Waals surface area contributed by atoms with Crippen molar-refractivity contribution in [3.05, 3.63) is 52.2 Å². The largest absolute Gasteiger partial charge is 0.383 e. The van der Waals surface area contributed by atoms with Gasteiger partial charge in [0.2, 0.25) is 0 Å². The van der Waals surface area contributed by atoms with Crippen molar-refractivity contribution >= 4 is 11.5 Å². The Hall–Kier alpha value is -2.47. The van der Waals surface area contributed by atoms with Crippen LogP contribution in [0.5, 0.6) is 0 Å². The highest BCUT2D eigenvalue weighted by Crippen LogP contribution is 2.48. The van der Waals surface area contributed by atoms with Crippen LogP contribution in [0, 0.1) is 10.1 Å². The summed E-state index contributed by atoms with van der Waals surface area (Å²) in [6.45, 7) is 0. The Labute approximate surface area is 133 Å². The third kappa shape index (κ3) is 2.17. The highest BCUT2D eigenvalue weighted by Gasteiger charge is 2.46. The van der Waals surface area contributed by atoms with E-state index in [-0.39, 0.29) is 16.1 Å². The molecule has 2 aromatic rings. The van der Waals surface area contributed by atoms with Crippen LogP contribution in [0.25, 0.3) is 11.1 Å². The molecule has 2 saturated heterocycles. The number of nitro groups is 1. The maximum atomic E-state index is 11.1. The zero-order chi connectivity index (χ0) is 16.0. The van der Waals surface area contributed by atoms with Gasteiger partial charge in [0.15, 0.2) is 0 Å². The minimum absolute atomic E-state index is 0.0675. The van der Waals surface area contributed by atoms with Crippen LogP contribution >= 0.6 is 0 Å². The molecule has 4 rings (SSSR count). The number of nitrogens with two attached hydrogens (primary N) is 1. The summed E-state index contributed by atoms with van der Waals surface area (Å²) >= 11 is 0. The first kappa shape index (κ1) is 14.1. The van der Waals surface area contributed by atoms with Crippen molar-refractivity contribution in [1.82, 2.24) is 10.3 Å². The number of aromatic nitrogens is 1. The van der Waals surface area contributed by atoms with Gasteiger partial charge < -0.3 is 11.1 Å². The first-order chi connectivity index (χ1) is 11.1. The van der Waals surface area contributed by atoms with Gasteiger partial charge in [-0.2, -0.15) is 0 Å². The van der Waals surface area contributed by atoms with E-state index in [0.717, 1.165) is 42.4 Å². The van der Waals surface area contributed by atoms with Gasteiger partial charge in [-0.15, -0.1) is 0 Å². The fourth-order valence-corrected chi connectivity index (χ4v) is 4.09. The average Bonchev–Trinajstić information content (AvgIpc) is 3.17. The fraction of sp³-hybridized carbons (Fsp3) is 0.353. The predicted octanol–water partition coefficient (Wildman–Crippen LogP) is 2.98. The summed E-state index contributed by atoms with van der Waals surface area (Å²) in [5, 5.41) is 14.8. The van der Waals surface area contributed by atoms with Crippen LogP contribution in [0.15, 0.2) is 36.5 Å². The Morgan fingerprint density at radius 3 is 2.74 bits per heavy atom. The Bertz CT molecular complexity index is 782. The smallest absolute Gasteiger partial charge is 0.270 e. The molecule has 6 nitrogen and oxygen atoms in total. The first-order valence-corrected chi connectivity index (χ1v) is 7.86. The topological polar surface area (TPSA) is 94.1 Å². The molecule has 0 saturated carbocycles. The number of nitrogens with zero attached hydrogens (tertiary/aromatic N) is 2. The van der Waals surface area contributed by atoms with Crippen molar-refractivity contribution < 1.29 is 4.92 Å². The van der Waals surface area contributed by atoms with E-state index in [4.69, 9.17) is 5.73 Å². The SMILES string of the molecule is Nc1nccc(C23CCC(CC2)N3)c1-c1cccc([N+](=O)[O-])c1. The summed E-state index contributed by atoms with van der Waals surface area (Å²) < 4.78 is 0. The van der Waals surface area contributed by atoms with Crippen LogP contribution in [-0.2, 0) is 5.54 Å². The Morgan fingerprint density at radius 2 is 2.09 bits per heavy atom. The van der Waals surface area contributed by atoms with Gasteiger partial charge >= 0.3 is 0 Å². The zero-order valence-electron chi connectivity index (χ0n) is 12.7. The van der Waals surface area contributed by atoms with Gasteiger partial charge in [-0.3, -0.25) is 10.1 Å². The van der Waals surface area contributed by atoms with Crippen LogP contribution in [0.3, 0.4) is 0 Å². The van der Waals surface area contributed by atoms with Gasteiger partial charge in [0.25, 0.3) is 5.69 Å². The van der Waals surface area contributed by atoms with E-state index in [1.54, 1.807) is 18.3 Å². The summed E-state index contributed by atoms with van der Waals surface area (Å²) in [6, 6.07) is 9.21. The number of fused-ring (bicyclic) bond motifs is 2. The molecule has 1 aromatic carbocycles. The number of benzene rings is 1. The second kappa shape index (κ2) is 5.03. The van der Waals surface area contributed by atoms with Gasteiger partial charge in [-0.05, 0) is 42.9 Å². The molecule has 2 bridgehead atoms. The number of pyridine rings is 1. The molecule has 0 aliphatic carbocycles. The van der Waals surface area contributed by atoms with Crippen molar-refractivity contribution in [1.29, 1.82) is 0 Å². The van der Waals surface area contributed by atoms with Crippen LogP contribution in [0.4, 0.5) is 11.5 Å².